The number of carbonyl (C=O) groups excluding carboxylic acids is 1. The molecule has 1 fully saturated rings. The van der Waals surface area contributed by atoms with Crippen LogP contribution < -0.4 is 10.1 Å². The highest BCUT2D eigenvalue weighted by Gasteiger charge is 2.52. The zero-order chi connectivity index (χ0) is 14.2. The first-order chi connectivity index (χ1) is 9.65. The maximum absolute atomic E-state index is 12.6. The molecule has 1 aliphatic rings. The van der Waals surface area contributed by atoms with Crippen LogP contribution in [0.4, 0.5) is 5.82 Å². The van der Waals surface area contributed by atoms with Gasteiger partial charge >= 0.3 is 0 Å². The molecule has 0 spiro atoms. The molecule has 3 rings (SSSR count). The summed E-state index contributed by atoms with van der Waals surface area (Å²) >= 11 is 0. The molecular weight excluding hydrogens is 254 g/mol. The normalized spacial score (nSPS) is 15.7. The summed E-state index contributed by atoms with van der Waals surface area (Å²) in [5.74, 6) is 1.31. The molecule has 5 nitrogen and oxygen atoms in total. The first-order valence-electron chi connectivity index (χ1n) is 6.63. The van der Waals surface area contributed by atoms with Gasteiger partial charge in [-0.1, -0.05) is 18.2 Å². The number of carbonyl (C=O) groups is 1. The van der Waals surface area contributed by atoms with E-state index >= 15 is 0 Å². The smallest absolute Gasteiger partial charge is 0.236 e. The number of para-hydroxylation sites is 1. The average molecular weight is 271 g/mol. The molecule has 1 heterocycles. The van der Waals surface area contributed by atoms with Crippen molar-refractivity contribution in [2.45, 2.75) is 25.2 Å². The zero-order valence-electron chi connectivity index (χ0n) is 11.6. The summed E-state index contributed by atoms with van der Waals surface area (Å²) in [6.07, 6.45) is 1.67. The van der Waals surface area contributed by atoms with Crippen LogP contribution in [0.15, 0.2) is 30.3 Å². The average Bonchev–Trinajstić information content (AvgIpc) is 3.18. The Bertz CT molecular complexity index is 644. The molecule has 0 unspecified atom stereocenters. The van der Waals surface area contributed by atoms with Gasteiger partial charge in [-0.2, -0.15) is 5.10 Å². The fourth-order valence-corrected chi connectivity index (χ4v) is 2.50. The van der Waals surface area contributed by atoms with Crippen molar-refractivity contribution in [3.05, 3.63) is 41.6 Å². The van der Waals surface area contributed by atoms with Crippen molar-refractivity contribution >= 4 is 11.7 Å². The van der Waals surface area contributed by atoms with Gasteiger partial charge in [-0.15, -0.1) is 0 Å². The lowest BCUT2D eigenvalue weighted by molar-refractivity contribution is -0.118. The van der Waals surface area contributed by atoms with E-state index in [1.54, 1.807) is 7.11 Å². The number of hydrogen-bond donors (Lipinski definition) is 2. The number of nitrogens with zero attached hydrogens (tertiary/aromatic N) is 1. The predicted molar refractivity (Wildman–Crippen MR) is 75.9 cm³/mol. The maximum Gasteiger partial charge on any atom is 0.236 e. The van der Waals surface area contributed by atoms with Crippen molar-refractivity contribution < 1.29 is 9.53 Å². The molecule has 0 radical (unpaired) electrons. The number of amides is 1. The summed E-state index contributed by atoms with van der Waals surface area (Å²) < 4.78 is 5.37. The van der Waals surface area contributed by atoms with E-state index in [0.29, 0.717) is 5.82 Å². The van der Waals surface area contributed by atoms with Crippen molar-refractivity contribution in [3.8, 4) is 5.75 Å². The van der Waals surface area contributed by atoms with E-state index in [0.717, 1.165) is 29.8 Å². The lowest BCUT2D eigenvalue weighted by Gasteiger charge is -2.17. The third-order valence-electron chi connectivity index (χ3n) is 3.75. The van der Waals surface area contributed by atoms with Gasteiger partial charge in [0.15, 0.2) is 5.82 Å². The molecule has 2 aromatic rings. The van der Waals surface area contributed by atoms with Gasteiger partial charge in [0.25, 0.3) is 0 Å². The van der Waals surface area contributed by atoms with E-state index in [1.807, 2.05) is 37.3 Å². The minimum Gasteiger partial charge on any atom is -0.496 e. The van der Waals surface area contributed by atoms with E-state index in [9.17, 15) is 4.79 Å². The van der Waals surface area contributed by atoms with E-state index < -0.39 is 5.41 Å². The van der Waals surface area contributed by atoms with Crippen molar-refractivity contribution in [2.75, 3.05) is 12.4 Å². The molecule has 5 heteroatoms. The minimum absolute atomic E-state index is 0.0199. The highest BCUT2D eigenvalue weighted by Crippen LogP contribution is 2.51. The molecule has 1 aromatic heterocycles. The summed E-state index contributed by atoms with van der Waals surface area (Å²) in [5.41, 5.74) is 1.40. The first-order valence-corrected chi connectivity index (χ1v) is 6.63. The zero-order valence-corrected chi connectivity index (χ0v) is 11.6. The van der Waals surface area contributed by atoms with Crippen LogP contribution in [-0.4, -0.2) is 23.2 Å². The molecule has 0 aliphatic heterocycles. The number of aryl methyl sites for hydroxylation is 1. The minimum atomic E-state index is -0.473. The highest BCUT2D eigenvalue weighted by molar-refractivity contribution is 6.01. The summed E-state index contributed by atoms with van der Waals surface area (Å²) in [6, 6.07) is 9.51. The summed E-state index contributed by atoms with van der Waals surface area (Å²) in [5, 5.41) is 9.74. The molecular formula is C15H17N3O2. The number of ether oxygens (including phenoxy) is 1. The van der Waals surface area contributed by atoms with Gasteiger partial charge in [-0.3, -0.25) is 9.89 Å². The topological polar surface area (TPSA) is 67.0 Å². The Balaban J connectivity index is 1.86. The molecule has 0 saturated heterocycles. The number of methoxy groups -OCH3 is 1. The molecule has 20 heavy (non-hydrogen) atoms. The molecule has 104 valence electrons. The first kappa shape index (κ1) is 12.7. The largest absolute Gasteiger partial charge is 0.496 e. The van der Waals surface area contributed by atoms with Gasteiger partial charge in [0, 0.05) is 17.3 Å². The van der Waals surface area contributed by atoms with E-state index in [1.165, 1.54) is 0 Å². The maximum atomic E-state index is 12.6. The Labute approximate surface area is 117 Å². The van der Waals surface area contributed by atoms with Gasteiger partial charge in [0.2, 0.25) is 5.91 Å². The van der Waals surface area contributed by atoms with Crippen molar-refractivity contribution in [1.82, 2.24) is 10.2 Å². The third-order valence-corrected chi connectivity index (χ3v) is 3.75. The third kappa shape index (κ3) is 2.05. The second kappa shape index (κ2) is 4.67. The van der Waals surface area contributed by atoms with Crippen molar-refractivity contribution in [3.63, 3.8) is 0 Å². The van der Waals surface area contributed by atoms with Gasteiger partial charge in [0.05, 0.1) is 12.5 Å². The lowest BCUT2D eigenvalue weighted by atomic mass is 9.94. The van der Waals surface area contributed by atoms with E-state index in [2.05, 4.69) is 15.5 Å². The Morgan fingerprint density at radius 2 is 2.15 bits per heavy atom. The molecule has 1 amide bonds. The van der Waals surface area contributed by atoms with Crippen LogP contribution in [0.2, 0.25) is 0 Å². The lowest BCUT2D eigenvalue weighted by Crippen LogP contribution is -2.28. The summed E-state index contributed by atoms with van der Waals surface area (Å²) in [4.78, 5) is 12.6. The quantitative estimate of drug-likeness (QED) is 0.897. The van der Waals surface area contributed by atoms with Gasteiger partial charge < -0.3 is 10.1 Å². The van der Waals surface area contributed by atoms with Crippen molar-refractivity contribution in [1.29, 1.82) is 0 Å². The van der Waals surface area contributed by atoms with Gasteiger partial charge in [-0.05, 0) is 25.8 Å². The van der Waals surface area contributed by atoms with Crippen LogP contribution >= 0.6 is 0 Å². The van der Waals surface area contributed by atoms with Crippen LogP contribution in [-0.2, 0) is 10.2 Å². The fourth-order valence-electron chi connectivity index (χ4n) is 2.50. The fraction of sp³-hybridized carbons (Fsp3) is 0.333. The predicted octanol–water partition coefficient (Wildman–Crippen LogP) is 2.40. The van der Waals surface area contributed by atoms with Gasteiger partial charge in [0.1, 0.15) is 5.75 Å². The van der Waals surface area contributed by atoms with Crippen molar-refractivity contribution in [2.24, 2.45) is 0 Å². The summed E-state index contributed by atoms with van der Waals surface area (Å²) in [6.45, 7) is 1.90. The van der Waals surface area contributed by atoms with Crippen LogP contribution in [0.3, 0.4) is 0 Å². The van der Waals surface area contributed by atoms with E-state index in [4.69, 9.17) is 4.74 Å². The van der Waals surface area contributed by atoms with Crippen LogP contribution in [0, 0.1) is 6.92 Å². The van der Waals surface area contributed by atoms with Gasteiger partial charge in [-0.25, -0.2) is 0 Å². The molecule has 0 atom stereocenters. The molecule has 2 N–H and O–H groups in total. The number of aromatic amines is 1. The Morgan fingerprint density at radius 1 is 1.40 bits per heavy atom. The summed E-state index contributed by atoms with van der Waals surface area (Å²) in [7, 11) is 1.63. The SMILES string of the molecule is COc1ccccc1C1(C(=O)Nc2cc(C)[nH]n2)CC1. The number of aromatic nitrogens is 2. The number of nitrogens with one attached hydrogen (secondary N) is 2. The van der Waals surface area contributed by atoms with Crippen LogP contribution in [0.1, 0.15) is 24.1 Å². The standard InChI is InChI=1S/C15H17N3O2/c1-10-9-13(18-17-10)16-14(19)15(7-8-15)11-5-3-4-6-12(11)20-2/h3-6,9H,7-8H2,1-2H3,(H2,16,17,18,19). The van der Waals surface area contributed by atoms with E-state index in [-0.39, 0.29) is 5.91 Å². The number of anilines is 1. The number of H-pyrrole nitrogens is 1. The highest BCUT2D eigenvalue weighted by atomic mass is 16.5. The molecule has 1 aliphatic carbocycles. The Kier molecular flexibility index (Phi) is 2.97. The Morgan fingerprint density at radius 3 is 2.75 bits per heavy atom. The van der Waals surface area contributed by atoms with Crippen LogP contribution in [0.25, 0.3) is 0 Å². The second-order valence-electron chi connectivity index (χ2n) is 5.17. The number of hydrogen-bond acceptors (Lipinski definition) is 3. The number of benzene rings is 1. The number of rotatable bonds is 4. The monoisotopic (exact) mass is 271 g/mol. The molecule has 1 saturated carbocycles. The van der Waals surface area contributed by atoms with Crippen LogP contribution in [0.5, 0.6) is 5.75 Å². The molecule has 0 bridgehead atoms. The second-order valence-corrected chi connectivity index (χ2v) is 5.17. The Hall–Kier alpha value is -2.30. The molecule has 1 aromatic carbocycles.